The Kier molecular flexibility index (Phi) is 6.78. The summed E-state index contributed by atoms with van der Waals surface area (Å²) in [6, 6.07) is 3.50. The molecule has 1 rings (SSSR count). The lowest BCUT2D eigenvalue weighted by Gasteiger charge is -2.13. The normalized spacial score (nSPS) is 10.6. The molecule has 19 heavy (non-hydrogen) atoms. The molecule has 3 nitrogen and oxygen atoms in total. The van der Waals surface area contributed by atoms with Gasteiger partial charge in [0.1, 0.15) is 17.8 Å². The molecule has 0 aliphatic carbocycles. The van der Waals surface area contributed by atoms with E-state index in [4.69, 9.17) is 9.47 Å². The molecule has 0 aliphatic heterocycles. The number of methoxy groups -OCH3 is 2. The number of hydrogen-bond donors (Lipinski definition) is 0. The van der Waals surface area contributed by atoms with E-state index in [0.29, 0.717) is 17.1 Å². The number of thioether (sulfide) groups is 1. The van der Waals surface area contributed by atoms with Gasteiger partial charge in [0.15, 0.2) is 0 Å². The summed E-state index contributed by atoms with van der Waals surface area (Å²) < 4.78 is 10.7. The van der Waals surface area contributed by atoms with Crippen LogP contribution in [0.4, 0.5) is 0 Å². The lowest BCUT2D eigenvalue weighted by Crippen LogP contribution is -1.96. The molecule has 0 amide bonds. The Balaban J connectivity index is 2.82. The van der Waals surface area contributed by atoms with E-state index in [-0.39, 0.29) is 0 Å². The van der Waals surface area contributed by atoms with Gasteiger partial charge in [-0.25, -0.2) is 0 Å². The maximum Gasteiger partial charge on any atom is 0.150 e. The van der Waals surface area contributed by atoms with Crippen molar-refractivity contribution >= 4 is 18.0 Å². The molecule has 1 aromatic carbocycles. The van der Waals surface area contributed by atoms with Gasteiger partial charge in [0.25, 0.3) is 0 Å². The SMILES string of the molecule is COc1cc(C=O)cc(OC)c1SCCCC(C)C. The van der Waals surface area contributed by atoms with Gasteiger partial charge in [-0.15, -0.1) is 11.8 Å². The summed E-state index contributed by atoms with van der Waals surface area (Å²) in [5, 5.41) is 0. The predicted octanol–water partition coefficient (Wildman–Crippen LogP) is 4.04. The van der Waals surface area contributed by atoms with Gasteiger partial charge in [-0.2, -0.15) is 0 Å². The molecule has 0 spiro atoms. The first-order valence-electron chi connectivity index (χ1n) is 6.46. The fraction of sp³-hybridized carbons (Fsp3) is 0.533. The molecule has 4 heteroatoms. The first kappa shape index (κ1) is 15.9. The highest BCUT2D eigenvalue weighted by Gasteiger charge is 2.13. The van der Waals surface area contributed by atoms with Crippen LogP contribution in [0.15, 0.2) is 17.0 Å². The lowest BCUT2D eigenvalue weighted by atomic mass is 10.1. The maximum absolute atomic E-state index is 10.9. The zero-order valence-electron chi connectivity index (χ0n) is 12.1. The van der Waals surface area contributed by atoms with Crippen molar-refractivity contribution in [2.75, 3.05) is 20.0 Å². The third kappa shape index (κ3) is 4.78. The van der Waals surface area contributed by atoms with Crippen LogP contribution < -0.4 is 9.47 Å². The molecule has 1 aromatic rings. The number of rotatable bonds is 8. The summed E-state index contributed by atoms with van der Waals surface area (Å²) in [6.45, 7) is 4.45. The average molecular weight is 282 g/mol. The summed E-state index contributed by atoms with van der Waals surface area (Å²) in [7, 11) is 3.23. The van der Waals surface area contributed by atoms with Crippen molar-refractivity contribution < 1.29 is 14.3 Å². The highest BCUT2D eigenvalue weighted by atomic mass is 32.2. The average Bonchev–Trinajstić information content (AvgIpc) is 2.42. The van der Waals surface area contributed by atoms with Crippen molar-refractivity contribution in [2.24, 2.45) is 5.92 Å². The molecule has 0 saturated heterocycles. The third-order valence-corrected chi connectivity index (χ3v) is 3.98. The number of carbonyl (C=O) groups is 1. The fourth-order valence-electron chi connectivity index (χ4n) is 1.78. The molecule has 0 fully saturated rings. The van der Waals surface area contributed by atoms with E-state index in [0.717, 1.165) is 29.3 Å². The van der Waals surface area contributed by atoms with E-state index < -0.39 is 0 Å². The number of hydrogen-bond acceptors (Lipinski definition) is 4. The molecule has 0 radical (unpaired) electrons. The molecule has 0 heterocycles. The van der Waals surface area contributed by atoms with Crippen LogP contribution >= 0.6 is 11.8 Å². The minimum Gasteiger partial charge on any atom is -0.495 e. The largest absolute Gasteiger partial charge is 0.495 e. The molecular formula is C15H22O3S. The predicted molar refractivity (Wildman–Crippen MR) is 79.7 cm³/mol. The van der Waals surface area contributed by atoms with E-state index in [1.807, 2.05) is 0 Å². The van der Waals surface area contributed by atoms with Crippen LogP contribution in [0.5, 0.6) is 11.5 Å². The first-order valence-corrected chi connectivity index (χ1v) is 7.45. The van der Waals surface area contributed by atoms with Gasteiger partial charge in [0.05, 0.1) is 19.1 Å². The second-order valence-corrected chi connectivity index (χ2v) is 5.86. The Morgan fingerprint density at radius 1 is 1.21 bits per heavy atom. The molecule has 0 aliphatic rings. The van der Waals surface area contributed by atoms with Crippen molar-refractivity contribution in [1.82, 2.24) is 0 Å². The van der Waals surface area contributed by atoms with E-state index in [9.17, 15) is 4.79 Å². The van der Waals surface area contributed by atoms with Crippen molar-refractivity contribution in [2.45, 2.75) is 31.6 Å². The number of benzene rings is 1. The topological polar surface area (TPSA) is 35.5 Å². The minimum absolute atomic E-state index is 0.570. The van der Waals surface area contributed by atoms with Crippen molar-refractivity contribution in [3.63, 3.8) is 0 Å². The first-order chi connectivity index (χ1) is 9.12. The second-order valence-electron chi connectivity index (χ2n) is 4.76. The summed E-state index contributed by atoms with van der Waals surface area (Å²) in [6.07, 6.45) is 3.17. The van der Waals surface area contributed by atoms with E-state index in [2.05, 4.69) is 13.8 Å². The van der Waals surface area contributed by atoms with E-state index >= 15 is 0 Å². The smallest absolute Gasteiger partial charge is 0.150 e. The summed E-state index contributed by atoms with van der Waals surface area (Å²) in [4.78, 5) is 11.8. The number of aldehydes is 1. The Hall–Kier alpha value is -1.16. The molecule has 0 unspecified atom stereocenters. The fourth-order valence-corrected chi connectivity index (χ4v) is 2.86. The summed E-state index contributed by atoms with van der Waals surface area (Å²) >= 11 is 1.72. The lowest BCUT2D eigenvalue weighted by molar-refractivity contribution is 0.112. The zero-order valence-corrected chi connectivity index (χ0v) is 12.9. The Bertz CT molecular complexity index is 391. The Morgan fingerprint density at radius 3 is 2.21 bits per heavy atom. The molecule has 0 saturated carbocycles. The zero-order chi connectivity index (χ0) is 14.3. The van der Waals surface area contributed by atoms with Crippen LogP contribution in [0.3, 0.4) is 0 Å². The van der Waals surface area contributed by atoms with Gasteiger partial charge in [-0.05, 0) is 30.2 Å². The van der Waals surface area contributed by atoms with Crippen LogP contribution in [0.25, 0.3) is 0 Å². The van der Waals surface area contributed by atoms with E-state index in [1.165, 1.54) is 6.42 Å². The van der Waals surface area contributed by atoms with Crippen molar-refractivity contribution in [3.05, 3.63) is 17.7 Å². The highest BCUT2D eigenvalue weighted by molar-refractivity contribution is 7.99. The standard InChI is InChI=1S/C15H22O3S/c1-11(2)6-5-7-19-15-13(17-3)8-12(10-16)9-14(15)18-4/h8-11H,5-7H2,1-4H3. The second kappa shape index (κ2) is 8.10. The van der Waals surface area contributed by atoms with Gasteiger partial charge in [-0.1, -0.05) is 20.3 Å². The van der Waals surface area contributed by atoms with Crippen LogP contribution in [0.2, 0.25) is 0 Å². The van der Waals surface area contributed by atoms with Crippen LogP contribution in [-0.4, -0.2) is 26.3 Å². The van der Waals surface area contributed by atoms with Gasteiger partial charge < -0.3 is 9.47 Å². The minimum atomic E-state index is 0.570. The molecule has 106 valence electrons. The number of carbonyl (C=O) groups excluding carboxylic acids is 1. The maximum atomic E-state index is 10.9. The van der Waals surface area contributed by atoms with Crippen LogP contribution in [-0.2, 0) is 0 Å². The quantitative estimate of drug-likeness (QED) is 0.409. The summed E-state index contributed by atoms with van der Waals surface area (Å²) in [5.74, 6) is 3.15. The molecular weight excluding hydrogens is 260 g/mol. The van der Waals surface area contributed by atoms with E-state index in [1.54, 1.807) is 38.1 Å². The van der Waals surface area contributed by atoms with Gasteiger partial charge in [-0.3, -0.25) is 4.79 Å². The molecule has 0 bridgehead atoms. The van der Waals surface area contributed by atoms with Crippen molar-refractivity contribution in [1.29, 1.82) is 0 Å². The number of ether oxygens (including phenoxy) is 2. The van der Waals surface area contributed by atoms with Crippen LogP contribution in [0.1, 0.15) is 37.0 Å². The van der Waals surface area contributed by atoms with Gasteiger partial charge in [0, 0.05) is 5.56 Å². The monoisotopic (exact) mass is 282 g/mol. The van der Waals surface area contributed by atoms with Gasteiger partial charge >= 0.3 is 0 Å². The van der Waals surface area contributed by atoms with Crippen LogP contribution in [0, 0.1) is 5.92 Å². The Labute approximate surface area is 119 Å². The Morgan fingerprint density at radius 2 is 1.79 bits per heavy atom. The summed E-state index contributed by atoms with van der Waals surface area (Å²) in [5.41, 5.74) is 0.570. The highest BCUT2D eigenvalue weighted by Crippen LogP contribution is 2.39. The third-order valence-electron chi connectivity index (χ3n) is 2.79. The van der Waals surface area contributed by atoms with Gasteiger partial charge in [0.2, 0.25) is 0 Å². The molecule has 0 aromatic heterocycles. The molecule has 0 N–H and O–H groups in total. The van der Waals surface area contributed by atoms with Crippen molar-refractivity contribution in [3.8, 4) is 11.5 Å². The molecule has 0 atom stereocenters.